The number of aromatic nitrogens is 1. The molecule has 1 nitrogen and oxygen atoms in total. The number of aryl methyl sites for hydroxylation is 1. The fraction of sp³-hybridized carbons (Fsp3) is 0.615. The third-order valence-electron chi connectivity index (χ3n) is 2.91. The van der Waals surface area contributed by atoms with Crippen molar-refractivity contribution >= 4 is 0 Å². The number of rotatable bonds is 1. The van der Waals surface area contributed by atoms with E-state index < -0.39 is 0 Å². The first-order valence-electron chi connectivity index (χ1n) is 5.46. The molecular formula is C13H19N. The zero-order valence-corrected chi connectivity index (χ0v) is 9.59. The molecule has 2 rings (SSSR count). The average Bonchev–Trinajstić information content (AvgIpc) is 2.83. The molecule has 0 saturated heterocycles. The van der Waals surface area contributed by atoms with Gasteiger partial charge >= 0.3 is 0 Å². The highest BCUT2D eigenvalue weighted by atomic mass is 14.7. The second kappa shape index (κ2) is 3.08. The van der Waals surface area contributed by atoms with Crippen LogP contribution in [0.1, 0.15) is 56.5 Å². The van der Waals surface area contributed by atoms with E-state index in [1.807, 2.05) is 0 Å². The van der Waals surface area contributed by atoms with E-state index >= 15 is 0 Å². The molecule has 1 heteroatoms. The van der Waals surface area contributed by atoms with Crippen LogP contribution in [0.5, 0.6) is 0 Å². The van der Waals surface area contributed by atoms with Crippen LogP contribution in [0.3, 0.4) is 0 Å². The van der Waals surface area contributed by atoms with Crippen molar-refractivity contribution in [2.45, 2.75) is 51.9 Å². The minimum atomic E-state index is 0.221. The minimum Gasteiger partial charge on any atom is -0.258 e. The van der Waals surface area contributed by atoms with Crippen molar-refractivity contribution in [3.63, 3.8) is 0 Å². The highest BCUT2D eigenvalue weighted by molar-refractivity contribution is 5.30. The Kier molecular flexibility index (Phi) is 2.13. The van der Waals surface area contributed by atoms with E-state index in [-0.39, 0.29) is 5.41 Å². The van der Waals surface area contributed by atoms with E-state index in [0.717, 1.165) is 5.92 Å². The second-order valence-corrected chi connectivity index (χ2v) is 5.39. The molecular weight excluding hydrogens is 170 g/mol. The molecule has 1 aromatic rings. The lowest BCUT2D eigenvalue weighted by molar-refractivity contribution is 0.581. The summed E-state index contributed by atoms with van der Waals surface area (Å²) in [5.41, 5.74) is 4.11. The first-order chi connectivity index (χ1) is 6.48. The molecule has 1 saturated carbocycles. The maximum Gasteiger partial charge on any atom is 0.0437 e. The highest BCUT2D eigenvalue weighted by Crippen LogP contribution is 2.39. The molecule has 0 spiro atoms. The van der Waals surface area contributed by atoms with Gasteiger partial charge in [0.15, 0.2) is 0 Å². The molecule has 0 bridgehead atoms. The fourth-order valence-corrected chi connectivity index (χ4v) is 1.98. The van der Waals surface area contributed by atoms with E-state index in [0.29, 0.717) is 0 Å². The standard InChI is InChI=1S/C13H19N/c1-9-11(13(2,3)4)7-8-12(14-9)10-5-6-10/h7-8,10H,5-6H2,1-4H3. The quantitative estimate of drug-likeness (QED) is 0.658. The summed E-state index contributed by atoms with van der Waals surface area (Å²) >= 11 is 0. The Labute approximate surface area is 86.6 Å². The van der Waals surface area contributed by atoms with Crippen molar-refractivity contribution in [3.05, 3.63) is 29.1 Å². The molecule has 14 heavy (non-hydrogen) atoms. The molecule has 1 fully saturated rings. The fourth-order valence-electron chi connectivity index (χ4n) is 1.98. The Morgan fingerprint density at radius 3 is 2.29 bits per heavy atom. The molecule has 0 aliphatic heterocycles. The normalized spacial score (nSPS) is 17.1. The Balaban J connectivity index is 2.35. The summed E-state index contributed by atoms with van der Waals surface area (Å²) in [4.78, 5) is 4.70. The minimum absolute atomic E-state index is 0.221. The van der Waals surface area contributed by atoms with Gasteiger partial charge in [0.2, 0.25) is 0 Å². The molecule has 1 aliphatic carbocycles. The molecule has 1 aromatic heterocycles. The highest BCUT2D eigenvalue weighted by Gasteiger charge is 2.26. The van der Waals surface area contributed by atoms with Crippen LogP contribution in [-0.4, -0.2) is 4.98 Å². The van der Waals surface area contributed by atoms with Crippen molar-refractivity contribution < 1.29 is 0 Å². The van der Waals surface area contributed by atoms with Gasteiger partial charge in [0.05, 0.1) is 0 Å². The van der Waals surface area contributed by atoms with Gasteiger partial charge in [-0.15, -0.1) is 0 Å². The topological polar surface area (TPSA) is 12.9 Å². The molecule has 0 unspecified atom stereocenters. The molecule has 0 atom stereocenters. The first-order valence-corrected chi connectivity index (χ1v) is 5.46. The van der Waals surface area contributed by atoms with Crippen LogP contribution < -0.4 is 0 Å². The van der Waals surface area contributed by atoms with E-state index in [9.17, 15) is 0 Å². The van der Waals surface area contributed by atoms with Crippen LogP contribution >= 0.6 is 0 Å². The smallest absolute Gasteiger partial charge is 0.0437 e. The molecule has 1 aliphatic rings. The lowest BCUT2D eigenvalue weighted by atomic mass is 9.86. The van der Waals surface area contributed by atoms with Gasteiger partial charge in [-0.3, -0.25) is 4.98 Å². The average molecular weight is 189 g/mol. The van der Waals surface area contributed by atoms with E-state index in [1.54, 1.807) is 0 Å². The van der Waals surface area contributed by atoms with Crippen molar-refractivity contribution in [1.29, 1.82) is 0 Å². The van der Waals surface area contributed by atoms with Crippen molar-refractivity contribution in [2.75, 3.05) is 0 Å². The van der Waals surface area contributed by atoms with Crippen LogP contribution in [-0.2, 0) is 5.41 Å². The molecule has 76 valence electrons. The number of hydrogen-bond acceptors (Lipinski definition) is 1. The third kappa shape index (κ3) is 1.82. The first kappa shape index (κ1) is 9.70. The van der Waals surface area contributed by atoms with E-state index in [2.05, 4.69) is 39.8 Å². The van der Waals surface area contributed by atoms with Crippen molar-refractivity contribution in [1.82, 2.24) is 4.98 Å². The molecule has 1 heterocycles. The lowest BCUT2D eigenvalue weighted by Crippen LogP contribution is -2.14. The summed E-state index contributed by atoms with van der Waals surface area (Å²) < 4.78 is 0. The molecule has 0 radical (unpaired) electrons. The summed E-state index contributed by atoms with van der Waals surface area (Å²) in [6.45, 7) is 8.86. The van der Waals surface area contributed by atoms with Gasteiger partial charge in [0.25, 0.3) is 0 Å². The SMILES string of the molecule is Cc1nc(C2CC2)ccc1C(C)(C)C. The van der Waals surface area contributed by atoms with Gasteiger partial charge in [-0.05, 0) is 36.8 Å². The second-order valence-electron chi connectivity index (χ2n) is 5.39. The number of pyridine rings is 1. The Morgan fingerprint density at radius 2 is 1.86 bits per heavy atom. The van der Waals surface area contributed by atoms with Gasteiger partial charge < -0.3 is 0 Å². The Bertz CT molecular complexity index is 343. The van der Waals surface area contributed by atoms with Crippen LogP contribution in [0, 0.1) is 6.92 Å². The van der Waals surface area contributed by atoms with Crippen molar-refractivity contribution in [2.24, 2.45) is 0 Å². The van der Waals surface area contributed by atoms with E-state index in [1.165, 1.54) is 29.8 Å². The maximum absolute atomic E-state index is 4.70. The van der Waals surface area contributed by atoms with E-state index in [4.69, 9.17) is 4.98 Å². The van der Waals surface area contributed by atoms with Crippen LogP contribution in [0.4, 0.5) is 0 Å². The zero-order chi connectivity index (χ0) is 10.3. The predicted octanol–water partition coefficient (Wildman–Crippen LogP) is 3.56. The molecule has 0 N–H and O–H groups in total. The largest absolute Gasteiger partial charge is 0.258 e. The van der Waals surface area contributed by atoms with Gasteiger partial charge in [-0.25, -0.2) is 0 Å². The monoisotopic (exact) mass is 189 g/mol. The summed E-state index contributed by atoms with van der Waals surface area (Å²) in [5, 5.41) is 0. The molecule has 0 amide bonds. The molecule has 0 aromatic carbocycles. The summed E-state index contributed by atoms with van der Waals surface area (Å²) in [7, 11) is 0. The number of nitrogens with zero attached hydrogens (tertiary/aromatic N) is 1. The van der Waals surface area contributed by atoms with Gasteiger partial charge in [-0.2, -0.15) is 0 Å². The predicted molar refractivity (Wildman–Crippen MR) is 59.6 cm³/mol. The third-order valence-corrected chi connectivity index (χ3v) is 2.91. The maximum atomic E-state index is 4.70. The van der Waals surface area contributed by atoms with Crippen LogP contribution in [0.15, 0.2) is 12.1 Å². The number of hydrogen-bond donors (Lipinski definition) is 0. The van der Waals surface area contributed by atoms with Gasteiger partial charge in [-0.1, -0.05) is 26.8 Å². The van der Waals surface area contributed by atoms with Crippen LogP contribution in [0.2, 0.25) is 0 Å². The summed E-state index contributed by atoms with van der Waals surface area (Å²) in [6, 6.07) is 4.47. The Hall–Kier alpha value is -0.850. The lowest BCUT2D eigenvalue weighted by Gasteiger charge is -2.21. The summed E-state index contributed by atoms with van der Waals surface area (Å²) in [5.74, 6) is 0.766. The Morgan fingerprint density at radius 1 is 1.21 bits per heavy atom. The summed E-state index contributed by atoms with van der Waals surface area (Å²) in [6.07, 6.45) is 2.67. The van der Waals surface area contributed by atoms with Gasteiger partial charge in [0.1, 0.15) is 0 Å². The van der Waals surface area contributed by atoms with Crippen LogP contribution in [0.25, 0.3) is 0 Å². The van der Waals surface area contributed by atoms with Gasteiger partial charge in [0, 0.05) is 17.3 Å². The zero-order valence-electron chi connectivity index (χ0n) is 9.59. The van der Waals surface area contributed by atoms with Crippen molar-refractivity contribution in [3.8, 4) is 0 Å².